The molecular weight excluding hydrogens is 360 g/mol. The van der Waals surface area contributed by atoms with Crippen LogP contribution < -0.4 is 0 Å². The van der Waals surface area contributed by atoms with Gasteiger partial charge in [0.05, 0.1) is 19.8 Å². The maximum Gasteiger partial charge on any atom is 0.146 e. The van der Waals surface area contributed by atoms with Crippen molar-refractivity contribution in [1.82, 2.24) is 0 Å². The summed E-state index contributed by atoms with van der Waals surface area (Å²) in [5.41, 5.74) is 1.67. The van der Waals surface area contributed by atoms with Crippen molar-refractivity contribution in [3.05, 3.63) is 71.8 Å². The Morgan fingerprint density at radius 1 is 0.786 bits per heavy atom. The molecule has 0 aliphatic heterocycles. The molecule has 28 heavy (non-hydrogen) atoms. The molecule has 2 aromatic carbocycles. The molecule has 0 fully saturated rings. The zero-order valence-electron chi connectivity index (χ0n) is 15.5. The summed E-state index contributed by atoms with van der Waals surface area (Å²) in [4.78, 5) is 0. The highest BCUT2D eigenvalue weighted by Crippen LogP contribution is 2.17. The fraction of sp³-hybridized carbons (Fsp3) is 0.364. The van der Waals surface area contributed by atoms with E-state index in [2.05, 4.69) is 5.92 Å². The fourth-order valence-electron chi connectivity index (χ4n) is 2.69. The van der Waals surface area contributed by atoms with Gasteiger partial charge in [0.15, 0.2) is 0 Å². The molecule has 0 spiro atoms. The van der Waals surface area contributed by atoms with E-state index in [1.807, 2.05) is 60.7 Å². The van der Waals surface area contributed by atoms with Crippen LogP contribution in [0.15, 0.2) is 60.7 Å². The van der Waals surface area contributed by atoms with Gasteiger partial charge in [0.25, 0.3) is 0 Å². The van der Waals surface area contributed by atoms with Crippen LogP contribution in [0.25, 0.3) is 0 Å². The Morgan fingerprint density at radius 3 is 1.75 bits per heavy atom. The summed E-state index contributed by atoms with van der Waals surface area (Å²) < 4.78 is 11.1. The summed E-state index contributed by atoms with van der Waals surface area (Å²) in [7, 11) is 0. The second-order valence-corrected chi connectivity index (χ2v) is 6.38. The van der Waals surface area contributed by atoms with Crippen molar-refractivity contribution in [3.8, 4) is 12.3 Å². The number of aliphatic hydroxyl groups excluding tert-OH is 4. The van der Waals surface area contributed by atoms with Gasteiger partial charge in [-0.2, -0.15) is 0 Å². The molecule has 0 amide bonds. The topological polar surface area (TPSA) is 99.4 Å². The molecule has 0 aromatic heterocycles. The van der Waals surface area contributed by atoms with Crippen LogP contribution in [0.3, 0.4) is 0 Å². The molecule has 6 heteroatoms. The summed E-state index contributed by atoms with van der Waals surface area (Å²) in [6.07, 6.45) is -1.41. The van der Waals surface area contributed by atoms with E-state index < -0.39 is 37.1 Å². The van der Waals surface area contributed by atoms with Gasteiger partial charge in [0.2, 0.25) is 0 Å². The fourth-order valence-corrected chi connectivity index (χ4v) is 2.69. The van der Waals surface area contributed by atoms with Crippen molar-refractivity contribution in [2.75, 3.05) is 6.61 Å². The van der Waals surface area contributed by atoms with Crippen molar-refractivity contribution in [2.24, 2.45) is 0 Å². The average molecular weight is 386 g/mol. The van der Waals surface area contributed by atoms with Gasteiger partial charge in [-0.1, -0.05) is 66.6 Å². The van der Waals surface area contributed by atoms with Crippen molar-refractivity contribution < 1.29 is 29.9 Å². The van der Waals surface area contributed by atoms with Crippen LogP contribution in [0.1, 0.15) is 11.1 Å². The van der Waals surface area contributed by atoms with E-state index in [4.69, 9.17) is 15.9 Å². The van der Waals surface area contributed by atoms with Crippen LogP contribution in [0.5, 0.6) is 0 Å². The van der Waals surface area contributed by atoms with Gasteiger partial charge < -0.3 is 29.9 Å². The highest BCUT2D eigenvalue weighted by molar-refractivity contribution is 5.15. The molecule has 0 aliphatic carbocycles. The zero-order chi connectivity index (χ0) is 20.4. The summed E-state index contributed by atoms with van der Waals surface area (Å²) in [5.74, 6) is 2.31. The quantitative estimate of drug-likeness (QED) is 0.428. The summed E-state index contributed by atoms with van der Waals surface area (Å²) in [6, 6.07) is 18.4. The number of terminal acetylenes is 1. The van der Waals surface area contributed by atoms with Crippen molar-refractivity contribution in [1.29, 1.82) is 0 Å². The zero-order valence-corrected chi connectivity index (χ0v) is 15.5. The lowest BCUT2D eigenvalue weighted by atomic mass is 9.99. The molecule has 6 nitrogen and oxygen atoms in total. The molecule has 0 unspecified atom stereocenters. The van der Waals surface area contributed by atoms with Crippen LogP contribution in [0, 0.1) is 12.3 Å². The van der Waals surface area contributed by atoms with Crippen LogP contribution in [0.2, 0.25) is 0 Å². The number of hydrogen-bond acceptors (Lipinski definition) is 6. The highest BCUT2D eigenvalue weighted by Gasteiger charge is 2.36. The second kappa shape index (κ2) is 11.6. The highest BCUT2D eigenvalue weighted by atomic mass is 16.5. The van der Waals surface area contributed by atoms with Crippen LogP contribution in [0.4, 0.5) is 0 Å². The molecule has 0 aliphatic rings. The molecule has 0 bridgehead atoms. The minimum Gasteiger partial charge on any atom is -0.394 e. The lowest BCUT2D eigenvalue weighted by Crippen LogP contribution is -2.51. The lowest BCUT2D eigenvalue weighted by Gasteiger charge is -2.32. The SMILES string of the molecule is C#C[C@@H](OCc1ccccc1)[C@@H](O)[C@@H](O)[C@H](OCc1ccccc1)[C@H](O)CO. The smallest absolute Gasteiger partial charge is 0.146 e. The van der Waals surface area contributed by atoms with E-state index in [0.717, 1.165) is 11.1 Å². The summed E-state index contributed by atoms with van der Waals surface area (Å²) >= 11 is 0. The number of hydrogen-bond donors (Lipinski definition) is 4. The third-order valence-corrected chi connectivity index (χ3v) is 4.28. The van der Waals surface area contributed by atoms with Gasteiger partial charge in [-0.25, -0.2) is 0 Å². The first-order valence-corrected chi connectivity index (χ1v) is 8.99. The first-order valence-electron chi connectivity index (χ1n) is 8.99. The average Bonchev–Trinajstić information content (AvgIpc) is 2.75. The molecule has 0 radical (unpaired) electrons. The molecule has 150 valence electrons. The van der Waals surface area contributed by atoms with Crippen LogP contribution in [-0.2, 0) is 22.7 Å². The van der Waals surface area contributed by atoms with Gasteiger partial charge in [0, 0.05) is 0 Å². The van der Waals surface area contributed by atoms with E-state index >= 15 is 0 Å². The minimum atomic E-state index is -1.57. The van der Waals surface area contributed by atoms with Crippen molar-refractivity contribution in [3.63, 3.8) is 0 Å². The number of rotatable bonds is 11. The van der Waals surface area contributed by atoms with Crippen molar-refractivity contribution in [2.45, 2.75) is 43.7 Å². The first kappa shape index (κ1) is 22.1. The molecular formula is C22H26O6. The Labute approximate surface area is 165 Å². The van der Waals surface area contributed by atoms with Gasteiger partial charge >= 0.3 is 0 Å². The number of aliphatic hydroxyl groups is 4. The van der Waals surface area contributed by atoms with Gasteiger partial charge in [-0.05, 0) is 11.1 Å². The van der Waals surface area contributed by atoms with E-state index in [1.54, 1.807) is 0 Å². The predicted octanol–water partition coefficient (Wildman–Crippen LogP) is 0.865. The van der Waals surface area contributed by atoms with Crippen LogP contribution in [-0.4, -0.2) is 57.6 Å². The number of ether oxygens (including phenoxy) is 2. The number of benzene rings is 2. The Hall–Kier alpha value is -2.24. The summed E-state index contributed by atoms with van der Waals surface area (Å²) in [5, 5.41) is 40.3. The van der Waals surface area contributed by atoms with Gasteiger partial charge in [0.1, 0.15) is 30.5 Å². The first-order chi connectivity index (χ1) is 13.6. The maximum atomic E-state index is 10.5. The predicted molar refractivity (Wildman–Crippen MR) is 104 cm³/mol. The van der Waals surface area contributed by atoms with E-state index in [9.17, 15) is 20.4 Å². The second-order valence-electron chi connectivity index (χ2n) is 6.38. The molecule has 0 heterocycles. The Morgan fingerprint density at radius 2 is 1.29 bits per heavy atom. The summed E-state index contributed by atoms with van der Waals surface area (Å²) in [6.45, 7) is -0.412. The standard InChI is InChI=1S/C22H26O6/c1-2-19(27-14-16-9-5-3-6-10-16)20(25)21(26)22(18(24)13-23)28-15-17-11-7-4-8-12-17/h1,3-12,18-26H,13-15H2/t18-,19-,20-,21-,22-/m1/s1. The van der Waals surface area contributed by atoms with E-state index in [-0.39, 0.29) is 13.2 Å². The van der Waals surface area contributed by atoms with E-state index in [1.165, 1.54) is 0 Å². The minimum absolute atomic E-state index is 0.0813. The van der Waals surface area contributed by atoms with Crippen molar-refractivity contribution >= 4 is 0 Å². The third-order valence-electron chi connectivity index (χ3n) is 4.28. The monoisotopic (exact) mass is 386 g/mol. The van der Waals surface area contributed by atoms with E-state index in [0.29, 0.717) is 0 Å². The Bertz CT molecular complexity index is 715. The third kappa shape index (κ3) is 6.43. The van der Waals surface area contributed by atoms with Gasteiger partial charge in [-0.15, -0.1) is 6.42 Å². The molecule has 5 atom stereocenters. The Kier molecular flexibility index (Phi) is 9.11. The maximum absolute atomic E-state index is 10.5. The lowest BCUT2D eigenvalue weighted by molar-refractivity contribution is -0.166. The molecule has 4 N–H and O–H groups in total. The molecule has 0 saturated heterocycles. The molecule has 2 aromatic rings. The molecule has 0 saturated carbocycles. The largest absolute Gasteiger partial charge is 0.394 e. The Balaban J connectivity index is 2.01. The van der Waals surface area contributed by atoms with Gasteiger partial charge in [-0.3, -0.25) is 0 Å². The normalized spacial score (nSPS) is 16.5. The molecule has 2 rings (SSSR count). The van der Waals surface area contributed by atoms with Crippen LogP contribution >= 0.6 is 0 Å².